The van der Waals surface area contributed by atoms with Gasteiger partial charge in [0.15, 0.2) is 0 Å². The number of nitrogens with zero attached hydrogens (tertiary/aromatic N) is 2. The first-order valence-electron chi connectivity index (χ1n) is 12.8. The van der Waals surface area contributed by atoms with Crippen LogP contribution in [0.2, 0.25) is 0 Å². The van der Waals surface area contributed by atoms with Gasteiger partial charge in [0, 0.05) is 12.7 Å². The first-order chi connectivity index (χ1) is 16.9. The molecule has 2 aliphatic carbocycles. The molecule has 0 radical (unpaired) electrons. The van der Waals surface area contributed by atoms with Gasteiger partial charge in [-0.25, -0.2) is 4.68 Å². The second kappa shape index (κ2) is 9.50. The van der Waals surface area contributed by atoms with Crippen LogP contribution in [0, 0.1) is 17.3 Å². The fourth-order valence-electron chi connectivity index (χ4n) is 5.92. The lowest BCUT2D eigenvalue weighted by molar-refractivity contribution is -0.132. The van der Waals surface area contributed by atoms with Gasteiger partial charge in [-0.05, 0) is 66.2 Å². The van der Waals surface area contributed by atoms with Crippen LogP contribution < -0.4 is 10.6 Å². The molecule has 4 atom stereocenters. The second-order valence-corrected chi connectivity index (χ2v) is 10.7. The highest BCUT2D eigenvalue weighted by atomic mass is 16.3. The van der Waals surface area contributed by atoms with Crippen LogP contribution in [-0.4, -0.2) is 33.4 Å². The van der Waals surface area contributed by atoms with E-state index in [-0.39, 0.29) is 23.3 Å². The topological polar surface area (TPSA) is 79.2 Å². The first-order valence-corrected chi connectivity index (χ1v) is 12.8. The molecule has 1 aliphatic heterocycles. The number of aromatic nitrogens is 2. The standard InChI is InChI=1S/C29H36N4O2/c1-19(2)27(34)28(35)32-25(20-8-5-4-6-9-20)14-22-11-12-23-15-26-21(16-29(22,23)3)17-31-33(26)24-10-7-13-30-18-24/h4-10,15,17-19,22,25,27,30,34H,11-14,16H2,1-3H3,(H,32,35)/t22-,25?,27+,29-/m1/s1. The average molecular weight is 473 g/mol. The Morgan fingerprint density at radius 2 is 2.11 bits per heavy atom. The highest BCUT2D eigenvalue weighted by Gasteiger charge is 2.46. The third kappa shape index (κ3) is 4.47. The van der Waals surface area contributed by atoms with E-state index < -0.39 is 6.10 Å². The molecular weight excluding hydrogens is 436 g/mol. The Labute approximate surface area is 207 Å². The lowest BCUT2D eigenvalue weighted by Gasteiger charge is -2.38. The molecule has 2 heterocycles. The molecule has 6 heteroatoms. The summed E-state index contributed by atoms with van der Waals surface area (Å²) in [6, 6.07) is 10.0. The molecule has 1 fully saturated rings. The van der Waals surface area contributed by atoms with Crippen molar-refractivity contribution < 1.29 is 9.90 Å². The Hall–Kier alpha value is -3.12. The number of aliphatic hydroxyl groups is 1. The molecule has 3 N–H and O–H groups in total. The monoisotopic (exact) mass is 472 g/mol. The van der Waals surface area contributed by atoms with Crippen molar-refractivity contribution in [2.24, 2.45) is 17.3 Å². The number of aliphatic hydroxyl groups excluding tert-OH is 1. The van der Waals surface area contributed by atoms with E-state index in [1.807, 2.05) is 49.1 Å². The number of fused-ring (bicyclic) bond motifs is 2. The van der Waals surface area contributed by atoms with Gasteiger partial charge in [0.1, 0.15) is 6.10 Å². The third-order valence-corrected chi connectivity index (χ3v) is 8.11. The van der Waals surface area contributed by atoms with E-state index in [9.17, 15) is 9.90 Å². The van der Waals surface area contributed by atoms with Crippen LogP contribution in [0.1, 0.15) is 62.9 Å². The predicted molar refractivity (Wildman–Crippen MR) is 139 cm³/mol. The lowest BCUT2D eigenvalue weighted by atomic mass is 9.68. The molecule has 0 bridgehead atoms. The van der Waals surface area contributed by atoms with E-state index in [4.69, 9.17) is 5.10 Å². The molecule has 1 aromatic carbocycles. The number of rotatable bonds is 7. The summed E-state index contributed by atoms with van der Waals surface area (Å²) in [6.45, 7) is 6.96. The summed E-state index contributed by atoms with van der Waals surface area (Å²) in [6.07, 6.45) is 13.6. The Kier molecular flexibility index (Phi) is 6.41. The van der Waals surface area contributed by atoms with Crippen molar-refractivity contribution in [3.05, 3.63) is 77.3 Å². The predicted octanol–water partition coefficient (Wildman–Crippen LogP) is 4.46. The number of hydrogen-bond acceptors (Lipinski definition) is 4. The van der Waals surface area contributed by atoms with Crippen LogP contribution in [0.5, 0.6) is 0 Å². The number of carbonyl (C=O) groups is 1. The molecule has 0 spiro atoms. The number of benzene rings is 1. The van der Waals surface area contributed by atoms with E-state index in [0.29, 0.717) is 5.92 Å². The molecule has 35 heavy (non-hydrogen) atoms. The zero-order valence-electron chi connectivity index (χ0n) is 20.9. The summed E-state index contributed by atoms with van der Waals surface area (Å²) in [5.74, 6) is 0.00684. The van der Waals surface area contributed by atoms with E-state index in [1.54, 1.807) is 0 Å². The molecule has 0 saturated heterocycles. The molecule has 1 unspecified atom stereocenters. The number of amides is 1. The first kappa shape index (κ1) is 23.6. The maximum atomic E-state index is 12.8. The van der Waals surface area contributed by atoms with Crippen LogP contribution in [-0.2, 0) is 11.2 Å². The second-order valence-electron chi connectivity index (χ2n) is 10.7. The SMILES string of the molecule is CC(C)[C@H](O)C(=O)NC(C[C@H]1CCC2=Cc3c(cnn3C3=CNCC=C3)C[C@@]21C)c1ccccc1. The van der Waals surface area contributed by atoms with E-state index in [0.717, 1.165) is 43.5 Å². The largest absolute Gasteiger partial charge is 0.386 e. The van der Waals surface area contributed by atoms with Crippen molar-refractivity contribution in [1.29, 1.82) is 0 Å². The molecule has 6 nitrogen and oxygen atoms in total. The van der Waals surface area contributed by atoms with E-state index >= 15 is 0 Å². The van der Waals surface area contributed by atoms with Gasteiger partial charge in [0.2, 0.25) is 5.91 Å². The number of nitrogens with one attached hydrogen (secondary N) is 2. The number of hydrogen-bond donors (Lipinski definition) is 3. The smallest absolute Gasteiger partial charge is 0.249 e. The summed E-state index contributed by atoms with van der Waals surface area (Å²) in [7, 11) is 0. The van der Waals surface area contributed by atoms with Crippen molar-refractivity contribution in [2.75, 3.05) is 6.54 Å². The van der Waals surface area contributed by atoms with Gasteiger partial charge in [0.25, 0.3) is 0 Å². The number of carbonyl (C=O) groups excluding carboxylic acids is 1. The Bertz CT molecular complexity index is 1180. The normalized spacial score (nSPS) is 24.7. The molecule has 1 aromatic heterocycles. The maximum Gasteiger partial charge on any atom is 0.249 e. The van der Waals surface area contributed by atoms with Crippen LogP contribution in [0.4, 0.5) is 0 Å². The summed E-state index contributed by atoms with van der Waals surface area (Å²) < 4.78 is 2.04. The molecule has 1 amide bonds. The zero-order valence-corrected chi connectivity index (χ0v) is 20.9. The Morgan fingerprint density at radius 3 is 2.83 bits per heavy atom. The van der Waals surface area contributed by atoms with Crippen LogP contribution in [0.3, 0.4) is 0 Å². The molecule has 1 saturated carbocycles. The minimum atomic E-state index is -1.00. The Balaban J connectivity index is 1.40. The summed E-state index contributed by atoms with van der Waals surface area (Å²) >= 11 is 0. The maximum absolute atomic E-state index is 12.8. The van der Waals surface area contributed by atoms with Gasteiger partial charge in [-0.15, -0.1) is 0 Å². The fraction of sp³-hybridized carbons (Fsp3) is 0.448. The number of dihydropyridines is 1. The van der Waals surface area contributed by atoms with Gasteiger partial charge in [0.05, 0.1) is 23.6 Å². The molecule has 3 aliphatic rings. The van der Waals surface area contributed by atoms with Gasteiger partial charge >= 0.3 is 0 Å². The van der Waals surface area contributed by atoms with Gasteiger partial charge in [-0.2, -0.15) is 5.10 Å². The van der Waals surface area contributed by atoms with Crippen molar-refractivity contribution in [3.63, 3.8) is 0 Å². The summed E-state index contributed by atoms with van der Waals surface area (Å²) in [4.78, 5) is 12.8. The van der Waals surface area contributed by atoms with Crippen molar-refractivity contribution in [1.82, 2.24) is 20.4 Å². The van der Waals surface area contributed by atoms with Gasteiger partial charge in [-0.1, -0.05) is 62.8 Å². The van der Waals surface area contributed by atoms with Crippen LogP contribution in [0.15, 0.2) is 60.5 Å². The Morgan fingerprint density at radius 1 is 1.31 bits per heavy atom. The van der Waals surface area contributed by atoms with Crippen molar-refractivity contribution >= 4 is 17.7 Å². The third-order valence-electron chi connectivity index (χ3n) is 8.11. The lowest BCUT2D eigenvalue weighted by Crippen LogP contribution is -2.41. The minimum absolute atomic E-state index is 0.0321. The highest BCUT2D eigenvalue weighted by molar-refractivity contribution is 5.81. The highest BCUT2D eigenvalue weighted by Crippen LogP contribution is 2.55. The molecular formula is C29H36N4O2. The molecule has 5 rings (SSSR count). The molecule has 184 valence electrons. The zero-order chi connectivity index (χ0) is 24.6. The van der Waals surface area contributed by atoms with Crippen LogP contribution in [0.25, 0.3) is 11.8 Å². The summed E-state index contributed by atoms with van der Waals surface area (Å²) in [5.41, 5.74) is 6.12. The fourth-order valence-corrected chi connectivity index (χ4v) is 5.92. The average Bonchev–Trinajstić information content (AvgIpc) is 3.42. The van der Waals surface area contributed by atoms with Crippen molar-refractivity contribution in [3.8, 4) is 0 Å². The quantitative estimate of drug-likeness (QED) is 0.556. The van der Waals surface area contributed by atoms with Gasteiger partial charge < -0.3 is 15.7 Å². The minimum Gasteiger partial charge on any atom is -0.386 e. The molecule has 2 aromatic rings. The van der Waals surface area contributed by atoms with Crippen molar-refractivity contribution in [2.45, 2.75) is 58.6 Å². The van der Waals surface area contributed by atoms with E-state index in [2.05, 4.69) is 47.9 Å². The van der Waals surface area contributed by atoms with Gasteiger partial charge in [-0.3, -0.25) is 4.79 Å². The summed E-state index contributed by atoms with van der Waals surface area (Å²) in [5, 5.41) is 21.5. The number of allylic oxidation sites excluding steroid dienone is 3. The van der Waals surface area contributed by atoms with E-state index in [1.165, 1.54) is 16.8 Å². The van der Waals surface area contributed by atoms with Crippen LogP contribution >= 0.6 is 0 Å².